The molecular formula is C15H26N4. The standard InChI is InChI=1S/C15H26N4/c1-5-7-16-13-9-12(2)17-14(18-13)10-19-8-6-15(3,4)11-19/h9H,5-8,10-11H2,1-4H3,(H,16,17,18). The predicted molar refractivity (Wildman–Crippen MR) is 79.2 cm³/mol. The molecule has 1 aromatic rings. The zero-order valence-electron chi connectivity index (χ0n) is 12.7. The Hall–Kier alpha value is -1.16. The van der Waals surface area contributed by atoms with Crippen molar-refractivity contribution in [2.75, 3.05) is 25.0 Å². The van der Waals surface area contributed by atoms with Gasteiger partial charge in [0.2, 0.25) is 0 Å². The van der Waals surface area contributed by atoms with Gasteiger partial charge in [-0.1, -0.05) is 20.8 Å². The van der Waals surface area contributed by atoms with Crippen LogP contribution in [0, 0.1) is 12.3 Å². The maximum absolute atomic E-state index is 4.62. The average Bonchev–Trinajstić information content (AvgIpc) is 2.65. The normalized spacial score (nSPS) is 18.7. The van der Waals surface area contributed by atoms with Gasteiger partial charge in [0.05, 0.1) is 6.54 Å². The summed E-state index contributed by atoms with van der Waals surface area (Å²) in [6, 6.07) is 2.02. The van der Waals surface area contributed by atoms with Crippen molar-refractivity contribution in [3.63, 3.8) is 0 Å². The lowest BCUT2D eigenvalue weighted by Gasteiger charge is -2.19. The molecule has 4 nitrogen and oxygen atoms in total. The van der Waals surface area contributed by atoms with Crippen LogP contribution in [0.2, 0.25) is 0 Å². The van der Waals surface area contributed by atoms with E-state index in [1.165, 1.54) is 6.42 Å². The number of anilines is 1. The van der Waals surface area contributed by atoms with Crippen molar-refractivity contribution in [1.29, 1.82) is 0 Å². The number of nitrogens with zero attached hydrogens (tertiary/aromatic N) is 3. The van der Waals surface area contributed by atoms with E-state index in [0.29, 0.717) is 5.41 Å². The molecule has 2 rings (SSSR count). The summed E-state index contributed by atoms with van der Waals surface area (Å²) in [5, 5.41) is 3.35. The summed E-state index contributed by atoms with van der Waals surface area (Å²) in [6.45, 7) is 13.0. The van der Waals surface area contributed by atoms with Gasteiger partial charge in [-0.3, -0.25) is 4.90 Å². The van der Waals surface area contributed by atoms with Crippen LogP contribution in [-0.4, -0.2) is 34.5 Å². The third kappa shape index (κ3) is 4.16. The van der Waals surface area contributed by atoms with Gasteiger partial charge in [0.15, 0.2) is 0 Å². The molecule has 106 valence electrons. The first-order valence-corrected chi connectivity index (χ1v) is 7.29. The van der Waals surface area contributed by atoms with E-state index in [-0.39, 0.29) is 0 Å². The van der Waals surface area contributed by atoms with Crippen LogP contribution in [0.25, 0.3) is 0 Å². The van der Waals surface area contributed by atoms with Crippen LogP contribution in [0.1, 0.15) is 45.1 Å². The first kappa shape index (κ1) is 14.3. The fourth-order valence-electron chi connectivity index (χ4n) is 2.60. The summed E-state index contributed by atoms with van der Waals surface area (Å²) in [6.07, 6.45) is 2.37. The Morgan fingerprint density at radius 3 is 2.79 bits per heavy atom. The molecule has 1 aliphatic heterocycles. The van der Waals surface area contributed by atoms with E-state index in [1.807, 2.05) is 13.0 Å². The molecule has 0 saturated carbocycles. The fraction of sp³-hybridized carbons (Fsp3) is 0.733. The van der Waals surface area contributed by atoms with Crippen molar-refractivity contribution in [3.05, 3.63) is 17.6 Å². The van der Waals surface area contributed by atoms with Crippen LogP contribution in [-0.2, 0) is 6.54 Å². The zero-order chi connectivity index (χ0) is 13.9. The summed E-state index contributed by atoms with van der Waals surface area (Å²) in [5.74, 6) is 1.90. The van der Waals surface area contributed by atoms with E-state index in [9.17, 15) is 0 Å². The minimum atomic E-state index is 0.438. The summed E-state index contributed by atoms with van der Waals surface area (Å²) in [4.78, 5) is 11.6. The zero-order valence-corrected chi connectivity index (χ0v) is 12.7. The minimum absolute atomic E-state index is 0.438. The van der Waals surface area contributed by atoms with Gasteiger partial charge in [0, 0.05) is 24.8 Å². The topological polar surface area (TPSA) is 41.1 Å². The highest BCUT2D eigenvalue weighted by Crippen LogP contribution is 2.29. The van der Waals surface area contributed by atoms with E-state index >= 15 is 0 Å². The maximum Gasteiger partial charge on any atom is 0.144 e. The summed E-state index contributed by atoms with van der Waals surface area (Å²) in [7, 11) is 0. The van der Waals surface area contributed by atoms with Crippen molar-refractivity contribution in [3.8, 4) is 0 Å². The number of hydrogen-bond acceptors (Lipinski definition) is 4. The summed E-state index contributed by atoms with van der Waals surface area (Å²) in [5.41, 5.74) is 1.48. The van der Waals surface area contributed by atoms with E-state index in [4.69, 9.17) is 0 Å². The highest BCUT2D eigenvalue weighted by atomic mass is 15.2. The Bertz CT molecular complexity index is 428. The first-order chi connectivity index (χ1) is 8.98. The van der Waals surface area contributed by atoms with Gasteiger partial charge in [-0.05, 0) is 31.7 Å². The number of rotatable bonds is 5. The number of hydrogen-bond donors (Lipinski definition) is 1. The molecule has 0 aromatic carbocycles. The van der Waals surface area contributed by atoms with Crippen molar-refractivity contribution in [2.45, 2.75) is 47.1 Å². The quantitative estimate of drug-likeness (QED) is 0.886. The van der Waals surface area contributed by atoms with Crippen LogP contribution >= 0.6 is 0 Å². The molecule has 0 bridgehead atoms. The molecule has 1 saturated heterocycles. The lowest BCUT2D eigenvalue weighted by atomic mass is 9.93. The Morgan fingerprint density at radius 2 is 2.16 bits per heavy atom. The Balaban J connectivity index is 2.02. The monoisotopic (exact) mass is 262 g/mol. The first-order valence-electron chi connectivity index (χ1n) is 7.29. The molecule has 1 aromatic heterocycles. The van der Waals surface area contributed by atoms with Gasteiger partial charge in [0.25, 0.3) is 0 Å². The molecule has 4 heteroatoms. The molecule has 0 atom stereocenters. The molecule has 1 fully saturated rings. The second-order valence-corrected chi connectivity index (χ2v) is 6.36. The number of aryl methyl sites for hydroxylation is 1. The highest BCUT2D eigenvalue weighted by molar-refractivity contribution is 5.35. The third-order valence-corrected chi connectivity index (χ3v) is 3.58. The van der Waals surface area contributed by atoms with Gasteiger partial charge < -0.3 is 5.32 Å². The fourth-order valence-corrected chi connectivity index (χ4v) is 2.60. The van der Waals surface area contributed by atoms with E-state index in [1.54, 1.807) is 0 Å². The molecule has 2 heterocycles. The lowest BCUT2D eigenvalue weighted by molar-refractivity contribution is 0.278. The van der Waals surface area contributed by atoms with Gasteiger partial charge in [0.1, 0.15) is 11.6 Å². The van der Waals surface area contributed by atoms with Crippen molar-refractivity contribution in [1.82, 2.24) is 14.9 Å². The molecule has 0 amide bonds. The van der Waals surface area contributed by atoms with Crippen LogP contribution < -0.4 is 5.32 Å². The second kappa shape index (κ2) is 5.87. The van der Waals surface area contributed by atoms with E-state index in [2.05, 4.69) is 41.0 Å². The van der Waals surface area contributed by atoms with E-state index in [0.717, 1.165) is 49.9 Å². The van der Waals surface area contributed by atoms with E-state index < -0.39 is 0 Å². The van der Waals surface area contributed by atoms with Gasteiger partial charge >= 0.3 is 0 Å². The Labute approximate surface area is 116 Å². The van der Waals surface area contributed by atoms with Crippen molar-refractivity contribution < 1.29 is 0 Å². The van der Waals surface area contributed by atoms with Crippen molar-refractivity contribution >= 4 is 5.82 Å². The molecule has 0 spiro atoms. The number of aromatic nitrogens is 2. The minimum Gasteiger partial charge on any atom is -0.370 e. The number of nitrogens with one attached hydrogen (secondary N) is 1. The van der Waals surface area contributed by atoms with Gasteiger partial charge in [-0.25, -0.2) is 9.97 Å². The Kier molecular flexibility index (Phi) is 4.40. The third-order valence-electron chi connectivity index (χ3n) is 3.58. The van der Waals surface area contributed by atoms with Crippen LogP contribution in [0.3, 0.4) is 0 Å². The van der Waals surface area contributed by atoms with Gasteiger partial charge in [-0.15, -0.1) is 0 Å². The predicted octanol–water partition coefficient (Wildman–Crippen LogP) is 2.84. The molecular weight excluding hydrogens is 236 g/mol. The second-order valence-electron chi connectivity index (χ2n) is 6.36. The van der Waals surface area contributed by atoms with Gasteiger partial charge in [-0.2, -0.15) is 0 Å². The maximum atomic E-state index is 4.62. The lowest BCUT2D eigenvalue weighted by Crippen LogP contribution is -2.24. The highest BCUT2D eigenvalue weighted by Gasteiger charge is 2.29. The molecule has 0 unspecified atom stereocenters. The Morgan fingerprint density at radius 1 is 1.37 bits per heavy atom. The average molecular weight is 262 g/mol. The molecule has 0 aliphatic carbocycles. The molecule has 1 N–H and O–H groups in total. The van der Waals surface area contributed by atoms with Crippen LogP contribution in [0.5, 0.6) is 0 Å². The summed E-state index contributed by atoms with van der Waals surface area (Å²) >= 11 is 0. The smallest absolute Gasteiger partial charge is 0.144 e. The molecule has 19 heavy (non-hydrogen) atoms. The molecule has 0 radical (unpaired) electrons. The summed E-state index contributed by atoms with van der Waals surface area (Å²) < 4.78 is 0. The SMILES string of the molecule is CCCNc1cc(C)nc(CN2CCC(C)(C)C2)n1. The number of likely N-dealkylation sites (tertiary alicyclic amines) is 1. The van der Waals surface area contributed by atoms with Crippen LogP contribution in [0.4, 0.5) is 5.82 Å². The largest absolute Gasteiger partial charge is 0.370 e. The van der Waals surface area contributed by atoms with Crippen molar-refractivity contribution in [2.24, 2.45) is 5.41 Å². The molecule has 1 aliphatic rings. The van der Waals surface area contributed by atoms with Crippen LogP contribution in [0.15, 0.2) is 6.07 Å².